The van der Waals surface area contributed by atoms with Crippen molar-refractivity contribution in [3.8, 4) is 0 Å². The number of unbranched alkanes of at least 4 members (excludes halogenated alkanes) is 9. The molecule has 0 amide bonds. The summed E-state index contributed by atoms with van der Waals surface area (Å²) >= 11 is 0. The summed E-state index contributed by atoms with van der Waals surface area (Å²) in [5.41, 5.74) is 0. The topological polar surface area (TPSA) is 276 Å². The molecule has 1 aliphatic rings. The van der Waals surface area contributed by atoms with Crippen LogP contribution >= 0.6 is 15.6 Å². The molecular formula is C45H76O17P2. The first-order valence-corrected chi connectivity index (χ1v) is 25.6. The van der Waals surface area contributed by atoms with E-state index in [1.807, 2.05) is 18.2 Å². The number of hydrogen-bond donors (Lipinski definition) is 8. The third kappa shape index (κ3) is 29.8. The Balaban J connectivity index is 2.71. The zero-order chi connectivity index (χ0) is 47.6. The predicted molar refractivity (Wildman–Crippen MR) is 242 cm³/mol. The Morgan fingerprint density at radius 1 is 0.594 bits per heavy atom. The standard InChI is InChI=1S/C45H76O17P2/c1-3-5-7-9-11-13-15-17-19-21-23-25-27-30-36(46)31-29-33-38(47)58-34-37(60-39(48)32-28-26-24-22-20-18-16-14-12-10-8-6-4-2)35-59-64(56,57)62-45-42(51)40(49)41(50)44(43(45)52)61-63(53,54)55/h5,7,11,13-14,16-17,19,23,25,27,30,36-37,40-46,49-52H,3-4,6,8-10,12,15,18,20-22,24,26,28-29,31-35H2,1-2H3,(H,56,57)(H2,53,54,55)/b7-5-,13-11-,16-14-,19-17-,25-23-,30-27+/t36?,37-,40?,41?,42?,43?,44-,45+/m1/s1. The summed E-state index contributed by atoms with van der Waals surface area (Å²) in [4.78, 5) is 54.2. The van der Waals surface area contributed by atoms with Crippen LogP contribution in [0, 0.1) is 0 Å². The van der Waals surface area contributed by atoms with Crippen LogP contribution in [0.5, 0.6) is 0 Å². The lowest BCUT2D eigenvalue weighted by atomic mass is 9.85. The highest BCUT2D eigenvalue weighted by Gasteiger charge is 2.54. The van der Waals surface area contributed by atoms with Crippen LogP contribution in [0.15, 0.2) is 72.9 Å². The predicted octanol–water partition coefficient (Wildman–Crippen LogP) is 7.03. The van der Waals surface area contributed by atoms with Crippen LogP contribution in [0.25, 0.3) is 0 Å². The number of esters is 2. The molecule has 19 heteroatoms. The maximum absolute atomic E-state index is 13.0. The molecule has 0 saturated heterocycles. The zero-order valence-corrected chi connectivity index (χ0v) is 39.3. The normalized spacial score (nSPS) is 23.0. The molecule has 1 fully saturated rings. The SMILES string of the molecule is CC/C=C\C/C=C\C/C=C\C/C=C\C=C\C(O)CCCC(=O)OC[C@H](COP(=O)(O)O[C@H]1C(O)C(O)C(O)[C@@H](OP(=O)(O)O)C1O)OC(=O)CCCCCCC/C=C\CCCCCC. The average molecular weight is 951 g/mol. The molecule has 0 aromatic rings. The Hall–Kier alpha value is -2.60. The highest BCUT2D eigenvalue weighted by atomic mass is 31.2. The Morgan fingerprint density at radius 3 is 1.75 bits per heavy atom. The summed E-state index contributed by atoms with van der Waals surface area (Å²) < 4.78 is 49.1. The Kier molecular flexibility index (Phi) is 33.0. The highest BCUT2D eigenvalue weighted by molar-refractivity contribution is 7.47. The first kappa shape index (κ1) is 59.4. The molecule has 1 saturated carbocycles. The third-order valence-corrected chi connectivity index (χ3v) is 11.4. The van der Waals surface area contributed by atoms with Crippen molar-refractivity contribution < 1.29 is 82.0 Å². The minimum atomic E-state index is -5.39. The minimum Gasteiger partial charge on any atom is -0.462 e. The third-order valence-electron chi connectivity index (χ3n) is 9.87. The second-order valence-electron chi connectivity index (χ2n) is 15.6. The van der Waals surface area contributed by atoms with Gasteiger partial charge in [-0.05, 0) is 70.6 Å². The van der Waals surface area contributed by atoms with Gasteiger partial charge < -0.3 is 49.7 Å². The maximum atomic E-state index is 13.0. The van der Waals surface area contributed by atoms with Crippen LogP contribution in [-0.4, -0.2) is 114 Å². The van der Waals surface area contributed by atoms with Gasteiger partial charge in [0.1, 0.15) is 43.2 Å². The van der Waals surface area contributed by atoms with Gasteiger partial charge in [-0.2, -0.15) is 0 Å². The monoisotopic (exact) mass is 950 g/mol. The van der Waals surface area contributed by atoms with Crippen molar-refractivity contribution >= 4 is 27.6 Å². The second-order valence-corrected chi connectivity index (χ2v) is 18.2. The summed E-state index contributed by atoms with van der Waals surface area (Å²) in [7, 11) is -10.7. The molecule has 8 N–H and O–H groups in total. The second kappa shape index (κ2) is 35.6. The fraction of sp³-hybridized carbons (Fsp3) is 0.689. The van der Waals surface area contributed by atoms with E-state index >= 15 is 0 Å². The summed E-state index contributed by atoms with van der Waals surface area (Å²) in [6, 6.07) is 0. The quantitative estimate of drug-likeness (QED) is 0.0103. The largest absolute Gasteiger partial charge is 0.472 e. The van der Waals surface area contributed by atoms with E-state index in [4.69, 9.17) is 28.3 Å². The van der Waals surface area contributed by atoms with Gasteiger partial charge in [-0.3, -0.25) is 23.2 Å². The highest BCUT2D eigenvalue weighted by Crippen LogP contribution is 2.49. The van der Waals surface area contributed by atoms with Gasteiger partial charge in [-0.1, -0.05) is 125 Å². The van der Waals surface area contributed by atoms with Crippen molar-refractivity contribution in [2.75, 3.05) is 13.2 Å². The first-order valence-electron chi connectivity index (χ1n) is 22.6. The first-order chi connectivity index (χ1) is 30.5. The molecule has 0 aromatic heterocycles. The van der Waals surface area contributed by atoms with Gasteiger partial charge >= 0.3 is 27.6 Å². The van der Waals surface area contributed by atoms with Crippen molar-refractivity contribution in [1.82, 2.24) is 0 Å². The minimum absolute atomic E-state index is 0.0106. The van der Waals surface area contributed by atoms with E-state index in [2.05, 4.69) is 60.9 Å². The summed E-state index contributed by atoms with van der Waals surface area (Å²) in [6.45, 7) is 2.78. The molecule has 368 valence electrons. The van der Waals surface area contributed by atoms with Crippen molar-refractivity contribution in [3.63, 3.8) is 0 Å². The van der Waals surface area contributed by atoms with E-state index in [0.717, 1.165) is 64.2 Å². The number of phosphoric acid groups is 2. The van der Waals surface area contributed by atoms with Crippen LogP contribution < -0.4 is 0 Å². The Bertz CT molecular complexity index is 1540. The van der Waals surface area contributed by atoms with E-state index in [9.17, 15) is 49.1 Å². The van der Waals surface area contributed by atoms with E-state index in [1.165, 1.54) is 25.7 Å². The van der Waals surface area contributed by atoms with Gasteiger partial charge in [-0.15, -0.1) is 0 Å². The fourth-order valence-corrected chi connectivity index (χ4v) is 7.88. The molecule has 0 bridgehead atoms. The van der Waals surface area contributed by atoms with Crippen LogP contribution in [0.3, 0.4) is 0 Å². The van der Waals surface area contributed by atoms with Crippen LogP contribution in [0.1, 0.15) is 136 Å². The van der Waals surface area contributed by atoms with Gasteiger partial charge in [0.25, 0.3) is 0 Å². The summed E-state index contributed by atoms with van der Waals surface area (Å²) in [5.74, 6) is -1.43. The molecule has 1 aliphatic carbocycles. The van der Waals surface area contributed by atoms with Crippen molar-refractivity contribution in [2.45, 2.75) is 185 Å². The van der Waals surface area contributed by atoms with Crippen molar-refractivity contribution in [3.05, 3.63) is 72.9 Å². The number of phosphoric ester groups is 2. The molecule has 0 heterocycles. The smallest absolute Gasteiger partial charge is 0.462 e. The Labute approximate surface area is 379 Å². The number of rotatable bonds is 36. The van der Waals surface area contributed by atoms with Crippen molar-refractivity contribution in [1.29, 1.82) is 0 Å². The molecule has 9 atom stereocenters. The Morgan fingerprint density at radius 2 is 1.14 bits per heavy atom. The molecule has 0 radical (unpaired) electrons. The molecule has 17 nitrogen and oxygen atoms in total. The number of carbonyl (C=O) groups excluding carboxylic acids is 2. The van der Waals surface area contributed by atoms with Crippen molar-refractivity contribution in [2.24, 2.45) is 0 Å². The van der Waals surface area contributed by atoms with Gasteiger partial charge in [-0.25, -0.2) is 9.13 Å². The van der Waals surface area contributed by atoms with Gasteiger partial charge in [0.05, 0.1) is 12.7 Å². The molecular weight excluding hydrogens is 874 g/mol. The molecule has 1 rings (SSSR count). The average Bonchev–Trinajstić information content (AvgIpc) is 3.24. The summed E-state index contributed by atoms with van der Waals surface area (Å²) in [6.07, 6.45) is 23.2. The summed E-state index contributed by atoms with van der Waals surface area (Å²) in [5, 5.41) is 51.5. The fourth-order valence-electron chi connectivity index (χ4n) is 6.34. The lowest BCUT2D eigenvalue weighted by Crippen LogP contribution is -2.64. The number of hydrogen-bond acceptors (Lipinski definition) is 14. The number of ether oxygens (including phenoxy) is 2. The molecule has 0 aromatic carbocycles. The van der Waals surface area contributed by atoms with Gasteiger partial charge in [0.2, 0.25) is 0 Å². The zero-order valence-electron chi connectivity index (χ0n) is 37.5. The van der Waals surface area contributed by atoms with E-state index in [0.29, 0.717) is 6.42 Å². The van der Waals surface area contributed by atoms with Crippen LogP contribution in [0.2, 0.25) is 0 Å². The van der Waals surface area contributed by atoms with Crippen LogP contribution in [0.4, 0.5) is 0 Å². The van der Waals surface area contributed by atoms with E-state index < -0.39 is 89.6 Å². The lowest BCUT2D eigenvalue weighted by Gasteiger charge is -2.43. The molecule has 6 unspecified atom stereocenters. The number of aliphatic hydroxyl groups excluding tert-OH is 5. The number of allylic oxidation sites excluding steroid dienone is 11. The van der Waals surface area contributed by atoms with E-state index in [-0.39, 0.29) is 25.7 Å². The van der Waals surface area contributed by atoms with E-state index in [1.54, 1.807) is 12.2 Å². The van der Waals surface area contributed by atoms with Crippen LogP contribution in [-0.2, 0) is 41.8 Å². The number of carbonyl (C=O) groups is 2. The number of aliphatic hydroxyl groups is 5. The molecule has 64 heavy (non-hydrogen) atoms. The maximum Gasteiger partial charge on any atom is 0.472 e. The van der Waals surface area contributed by atoms with Gasteiger partial charge in [0.15, 0.2) is 6.10 Å². The lowest BCUT2D eigenvalue weighted by molar-refractivity contribution is -0.216. The van der Waals surface area contributed by atoms with Gasteiger partial charge in [0, 0.05) is 12.8 Å². The molecule has 0 spiro atoms. The molecule has 0 aliphatic heterocycles.